The number of likely N-dealkylation sites (tertiary alicyclic amines) is 2. The predicted molar refractivity (Wildman–Crippen MR) is 149 cm³/mol. The van der Waals surface area contributed by atoms with E-state index in [4.69, 9.17) is 10.5 Å². The Kier molecular flexibility index (Phi) is 10.8. The van der Waals surface area contributed by atoms with Crippen LogP contribution in [0.4, 0.5) is 4.79 Å². The maximum atomic E-state index is 13.5. The molecule has 2 aliphatic rings. The molecule has 2 saturated heterocycles. The second-order valence-electron chi connectivity index (χ2n) is 11.1. The molecule has 0 radical (unpaired) electrons. The summed E-state index contributed by atoms with van der Waals surface area (Å²) in [5.41, 5.74) is 6.22. The van der Waals surface area contributed by atoms with Gasteiger partial charge in [0.15, 0.2) is 0 Å². The Labute approximate surface area is 240 Å². The van der Waals surface area contributed by atoms with Crippen LogP contribution in [0, 0.1) is 11.8 Å². The minimum atomic E-state index is -1.13. The van der Waals surface area contributed by atoms with E-state index in [1.807, 2.05) is 13.0 Å². The number of hydrogen-bond acceptors (Lipinski definition) is 7. The van der Waals surface area contributed by atoms with E-state index in [0.717, 1.165) is 10.5 Å². The first-order valence-corrected chi connectivity index (χ1v) is 14.2. The standard InChI is InChI=1S/C29H41N5O7/c1-5-18(4)24(27(38)31-23(17(2)3)28(39)33-15-9-12-20(33)25(30)36)32-26(37)21-13-14-22(35)34(21)29(40)41-16-19-10-7-6-8-11-19/h6-8,10-11,17-18,20-21,23-24H,5,9,12-16H2,1-4H3,(H2,30,36)(H,31,38)(H,32,37)/t18-,20-,21+,23+,24+/m1/s1. The molecule has 0 saturated carbocycles. The summed E-state index contributed by atoms with van der Waals surface area (Å²) in [7, 11) is 0. The van der Waals surface area contributed by atoms with Gasteiger partial charge in [-0.1, -0.05) is 64.4 Å². The maximum Gasteiger partial charge on any atom is 0.417 e. The number of benzene rings is 1. The molecule has 2 aliphatic heterocycles. The Morgan fingerprint density at radius 2 is 1.68 bits per heavy atom. The topological polar surface area (TPSA) is 168 Å². The van der Waals surface area contributed by atoms with E-state index in [2.05, 4.69) is 10.6 Å². The van der Waals surface area contributed by atoms with E-state index >= 15 is 0 Å². The highest BCUT2D eigenvalue weighted by atomic mass is 16.6. The number of nitrogens with two attached hydrogens (primary N) is 1. The quantitative estimate of drug-likeness (QED) is 0.361. The minimum absolute atomic E-state index is 0.0144. The van der Waals surface area contributed by atoms with Crippen LogP contribution in [0.1, 0.15) is 65.4 Å². The molecule has 0 bridgehead atoms. The van der Waals surface area contributed by atoms with E-state index in [0.29, 0.717) is 25.8 Å². The zero-order valence-corrected chi connectivity index (χ0v) is 24.1. The SMILES string of the molecule is CC[C@@H](C)[C@H](NC(=O)[C@@H]1CCC(=O)N1C(=O)OCc1ccccc1)C(=O)N[C@H](C(=O)N1CCC[C@@H]1C(N)=O)C(C)C. The van der Waals surface area contributed by atoms with Crippen molar-refractivity contribution in [2.45, 2.75) is 90.6 Å². The van der Waals surface area contributed by atoms with Crippen molar-refractivity contribution in [3.63, 3.8) is 0 Å². The zero-order chi connectivity index (χ0) is 30.3. The van der Waals surface area contributed by atoms with Gasteiger partial charge in [-0.3, -0.25) is 24.0 Å². The van der Waals surface area contributed by atoms with Crippen LogP contribution in [0.5, 0.6) is 0 Å². The highest BCUT2D eigenvalue weighted by Crippen LogP contribution is 2.23. The number of ether oxygens (including phenoxy) is 1. The smallest absolute Gasteiger partial charge is 0.417 e. The number of nitrogens with zero attached hydrogens (tertiary/aromatic N) is 2. The summed E-state index contributed by atoms with van der Waals surface area (Å²) in [4.78, 5) is 79.7. The monoisotopic (exact) mass is 571 g/mol. The molecular weight excluding hydrogens is 530 g/mol. The van der Waals surface area contributed by atoms with Crippen molar-refractivity contribution >= 4 is 35.6 Å². The minimum Gasteiger partial charge on any atom is -0.444 e. The van der Waals surface area contributed by atoms with E-state index in [-0.39, 0.29) is 31.3 Å². The summed E-state index contributed by atoms with van der Waals surface area (Å²) in [5, 5.41) is 5.49. The van der Waals surface area contributed by atoms with Gasteiger partial charge >= 0.3 is 6.09 Å². The Bertz CT molecular complexity index is 1140. The summed E-state index contributed by atoms with van der Waals surface area (Å²) in [5.74, 6) is -3.40. The van der Waals surface area contributed by atoms with Crippen molar-refractivity contribution < 1.29 is 33.5 Å². The largest absolute Gasteiger partial charge is 0.444 e. The third kappa shape index (κ3) is 7.62. The van der Waals surface area contributed by atoms with E-state index in [1.54, 1.807) is 45.0 Å². The van der Waals surface area contributed by atoms with Crippen molar-refractivity contribution in [1.82, 2.24) is 20.4 Å². The Balaban J connectivity index is 1.71. The molecular formula is C29H41N5O7. The van der Waals surface area contributed by atoms with Crippen LogP contribution < -0.4 is 16.4 Å². The maximum absolute atomic E-state index is 13.5. The highest BCUT2D eigenvalue weighted by Gasteiger charge is 2.43. The summed E-state index contributed by atoms with van der Waals surface area (Å²) in [6.07, 6.45) is 0.780. The van der Waals surface area contributed by atoms with Gasteiger partial charge in [0.25, 0.3) is 0 Å². The van der Waals surface area contributed by atoms with Gasteiger partial charge in [-0.15, -0.1) is 0 Å². The number of amides is 6. The van der Waals surface area contributed by atoms with Crippen molar-refractivity contribution in [3.05, 3.63) is 35.9 Å². The molecule has 0 aliphatic carbocycles. The van der Waals surface area contributed by atoms with Gasteiger partial charge < -0.3 is 26.0 Å². The number of primary amides is 1. The van der Waals surface area contributed by atoms with Crippen molar-refractivity contribution in [1.29, 1.82) is 0 Å². The van der Waals surface area contributed by atoms with Gasteiger partial charge in [-0.25, -0.2) is 9.69 Å². The van der Waals surface area contributed by atoms with Crippen molar-refractivity contribution in [2.75, 3.05) is 6.54 Å². The molecule has 2 heterocycles. The van der Waals surface area contributed by atoms with Crippen LogP contribution in [0.25, 0.3) is 0 Å². The highest BCUT2D eigenvalue weighted by molar-refractivity contribution is 6.02. The number of carbonyl (C=O) groups excluding carboxylic acids is 6. The van der Waals surface area contributed by atoms with Crippen LogP contribution in [0.15, 0.2) is 30.3 Å². The molecule has 6 amide bonds. The number of imide groups is 1. The van der Waals surface area contributed by atoms with Crippen LogP contribution in [0.2, 0.25) is 0 Å². The van der Waals surface area contributed by atoms with Crippen LogP contribution >= 0.6 is 0 Å². The van der Waals surface area contributed by atoms with Gasteiger partial charge in [-0.2, -0.15) is 0 Å². The average molecular weight is 572 g/mol. The summed E-state index contributed by atoms with van der Waals surface area (Å²) < 4.78 is 5.30. The lowest BCUT2D eigenvalue weighted by Crippen LogP contribution is -2.60. The van der Waals surface area contributed by atoms with E-state index < -0.39 is 59.8 Å². The predicted octanol–water partition coefficient (Wildman–Crippen LogP) is 1.46. The third-order valence-corrected chi connectivity index (χ3v) is 7.80. The van der Waals surface area contributed by atoms with Gasteiger partial charge in [0.2, 0.25) is 29.5 Å². The Morgan fingerprint density at radius 1 is 1.00 bits per heavy atom. The third-order valence-electron chi connectivity index (χ3n) is 7.80. The first-order chi connectivity index (χ1) is 19.5. The molecule has 5 atom stereocenters. The Morgan fingerprint density at radius 3 is 2.29 bits per heavy atom. The lowest BCUT2D eigenvalue weighted by Gasteiger charge is -2.32. The zero-order valence-electron chi connectivity index (χ0n) is 24.1. The molecule has 2 fully saturated rings. The summed E-state index contributed by atoms with van der Waals surface area (Å²) >= 11 is 0. The molecule has 0 spiro atoms. The van der Waals surface area contributed by atoms with Crippen LogP contribution in [-0.2, 0) is 35.3 Å². The Hall–Kier alpha value is -3.96. The first kappa shape index (κ1) is 31.6. The van der Waals surface area contributed by atoms with Gasteiger partial charge in [0.1, 0.15) is 30.8 Å². The number of hydrogen-bond donors (Lipinski definition) is 3. The second-order valence-corrected chi connectivity index (χ2v) is 11.1. The first-order valence-electron chi connectivity index (χ1n) is 14.2. The molecule has 4 N–H and O–H groups in total. The van der Waals surface area contributed by atoms with E-state index in [9.17, 15) is 28.8 Å². The molecule has 0 unspecified atom stereocenters. The fourth-order valence-electron chi connectivity index (χ4n) is 5.16. The van der Waals surface area contributed by atoms with Gasteiger partial charge in [0.05, 0.1) is 0 Å². The molecule has 12 heteroatoms. The molecule has 0 aromatic heterocycles. The number of nitrogens with one attached hydrogen (secondary N) is 2. The van der Waals surface area contributed by atoms with E-state index in [1.165, 1.54) is 4.90 Å². The summed E-state index contributed by atoms with van der Waals surface area (Å²) in [6.45, 7) is 7.50. The molecule has 1 aromatic rings. The van der Waals surface area contributed by atoms with Crippen molar-refractivity contribution in [2.24, 2.45) is 17.6 Å². The van der Waals surface area contributed by atoms with Gasteiger partial charge in [0, 0.05) is 13.0 Å². The molecule has 1 aromatic carbocycles. The fraction of sp³-hybridized carbons (Fsp3) is 0.586. The van der Waals surface area contributed by atoms with Gasteiger partial charge in [-0.05, 0) is 36.7 Å². The normalized spacial score (nSPS) is 20.9. The molecule has 3 rings (SSSR count). The average Bonchev–Trinajstić information content (AvgIpc) is 3.60. The summed E-state index contributed by atoms with van der Waals surface area (Å²) in [6, 6.07) is 5.11. The number of rotatable bonds is 11. The molecule has 12 nitrogen and oxygen atoms in total. The van der Waals surface area contributed by atoms with Crippen LogP contribution in [0.3, 0.4) is 0 Å². The number of carbonyl (C=O) groups is 6. The second kappa shape index (κ2) is 14.1. The lowest BCUT2D eigenvalue weighted by atomic mass is 9.95. The molecule has 224 valence electrons. The fourth-order valence-corrected chi connectivity index (χ4v) is 5.16. The lowest BCUT2D eigenvalue weighted by molar-refractivity contribution is -0.142. The van der Waals surface area contributed by atoms with Crippen molar-refractivity contribution in [3.8, 4) is 0 Å². The molecule has 41 heavy (non-hydrogen) atoms. The van der Waals surface area contributed by atoms with Crippen LogP contribution in [-0.4, -0.2) is 76.1 Å².